The summed E-state index contributed by atoms with van der Waals surface area (Å²) in [6, 6.07) is 13.4. The maximum Gasteiger partial charge on any atom is 0.267 e. The normalized spacial score (nSPS) is 10.7. The number of amides is 1. The predicted molar refractivity (Wildman–Crippen MR) is 93.3 cm³/mol. The van der Waals surface area contributed by atoms with Crippen LogP contribution in [0.2, 0.25) is 0 Å². The molecule has 0 heterocycles. The van der Waals surface area contributed by atoms with Gasteiger partial charge >= 0.3 is 0 Å². The van der Waals surface area contributed by atoms with Crippen molar-refractivity contribution in [3.63, 3.8) is 0 Å². The Balaban J connectivity index is 2.07. The van der Waals surface area contributed by atoms with Gasteiger partial charge in [-0.05, 0) is 30.7 Å². The van der Waals surface area contributed by atoms with Gasteiger partial charge in [-0.3, -0.25) is 4.79 Å². The third kappa shape index (κ3) is 4.82. The van der Waals surface area contributed by atoms with E-state index >= 15 is 0 Å². The van der Waals surface area contributed by atoms with Crippen LogP contribution in [-0.4, -0.2) is 13.0 Å². The largest absolute Gasteiger partial charge is 0.495 e. The molecule has 0 saturated heterocycles. The molecule has 0 spiro atoms. The third-order valence-corrected chi connectivity index (χ3v) is 3.47. The quantitative estimate of drug-likeness (QED) is 0.626. The van der Waals surface area contributed by atoms with Crippen molar-refractivity contribution in [1.82, 2.24) is 5.32 Å². The van der Waals surface area contributed by atoms with Gasteiger partial charge in [-0.1, -0.05) is 24.3 Å². The van der Waals surface area contributed by atoms with Gasteiger partial charge in [0.05, 0.1) is 12.8 Å². The van der Waals surface area contributed by atoms with Gasteiger partial charge in [-0.15, -0.1) is 0 Å². The molecule has 25 heavy (non-hydrogen) atoms. The van der Waals surface area contributed by atoms with E-state index in [1.54, 1.807) is 30.3 Å². The molecule has 128 valence electrons. The second-order valence-electron chi connectivity index (χ2n) is 5.30. The summed E-state index contributed by atoms with van der Waals surface area (Å²) in [6.45, 7) is 2.05. The Morgan fingerprint density at radius 3 is 2.76 bits per heavy atom. The maximum atomic E-state index is 13.5. The van der Waals surface area contributed by atoms with E-state index < -0.39 is 5.91 Å². The molecule has 0 aliphatic carbocycles. The van der Waals surface area contributed by atoms with Crippen molar-refractivity contribution in [3.05, 3.63) is 71.2 Å². The molecule has 0 fully saturated rings. The molecule has 2 aromatic carbocycles. The van der Waals surface area contributed by atoms with Crippen molar-refractivity contribution in [2.24, 2.45) is 0 Å². The molecule has 0 saturated carbocycles. The lowest BCUT2D eigenvalue weighted by Crippen LogP contribution is -2.17. The number of ether oxygens (including phenoxy) is 1. The number of rotatable bonds is 6. The number of methoxy groups -OCH3 is 1. The number of halogens is 1. The van der Waals surface area contributed by atoms with E-state index in [4.69, 9.17) is 4.74 Å². The summed E-state index contributed by atoms with van der Waals surface area (Å²) in [5.74, 6) is -0.432. The van der Waals surface area contributed by atoms with Crippen LogP contribution < -0.4 is 15.4 Å². The van der Waals surface area contributed by atoms with E-state index in [2.05, 4.69) is 10.6 Å². The molecule has 0 radical (unpaired) electrons. The van der Waals surface area contributed by atoms with Crippen molar-refractivity contribution >= 4 is 11.6 Å². The molecule has 2 aromatic rings. The first-order valence-electron chi connectivity index (χ1n) is 7.58. The molecule has 0 aliphatic heterocycles. The van der Waals surface area contributed by atoms with Crippen LogP contribution in [0.15, 0.2) is 54.2 Å². The van der Waals surface area contributed by atoms with Crippen LogP contribution in [0.1, 0.15) is 11.1 Å². The summed E-state index contributed by atoms with van der Waals surface area (Å²) < 4.78 is 18.7. The molecule has 6 heteroatoms. The van der Waals surface area contributed by atoms with Crippen molar-refractivity contribution < 1.29 is 13.9 Å². The lowest BCUT2D eigenvalue weighted by Gasteiger charge is -2.10. The summed E-state index contributed by atoms with van der Waals surface area (Å²) in [5.41, 5.74) is 1.73. The average Bonchev–Trinajstić information content (AvgIpc) is 2.60. The molecular weight excluding hydrogens is 321 g/mol. The SMILES string of the molecule is COc1ccc(C)cc1NC(=O)/C(C#N)=C\NCc1ccccc1F. The van der Waals surface area contributed by atoms with Crippen LogP contribution in [0.5, 0.6) is 5.75 Å². The molecule has 2 N–H and O–H groups in total. The van der Waals surface area contributed by atoms with Crippen molar-refractivity contribution in [2.75, 3.05) is 12.4 Å². The van der Waals surface area contributed by atoms with Gasteiger partial charge in [0.1, 0.15) is 23.2 Å². The summed E-state index contributed by atoms with van der Waals surface area (Å²) in [6.07, 6.45) is 1.27. The van der Waals surface area contributed by atoms with Crippen molar-refractivity contribution in [3.8, 4) is 11.8 Å². The summed E-state index contributed by atoms with van der Waals surface area (Å²) in [5, 5.41) is 14.6. The number of anilines is 1. The Morgan fingerprint density at radius 1 is 1.32 bits per heavy atom. The summed E-state index contributed by atoms with van der Waals surface area (Å²) >= 11 is 0. The topological polar surface area (TPSA) is 74.1 Å². The van der Waals surface area contributed by atoms with E-state index in [0.29, 0.717) is 17.0 Å². The monoisotopic (exact) mass is 339 g/mol. The zero-order valence-corrected chi connectivity index (χ0v) is 14.0. The van der Waals surface area contributed by atoms with Gasteiger partial charge in [-0.25, -0.2) is 4.39 Å². The van der Waals surface area contributed by atoms with Crippen molar-refractivity contribution in [1.29, 1.82) is 5.26 Å². The summed E-state index contributed by atoms with van der Waals surface area (Å²) in [7, 11) is 1.50. The lowest BCUT2D eigenvalue weighted by molar-refractivity contribution is -0.112. The first-order valence-corrected chi connectivity index (χ1v) is 7.58. The lowest BCUT2D eigenvalue weighted by atomic mass is 10.2. The number of benzene rings is 2. The molecule has 0 atom stereocenters. The predicted octanol–water partition coefficient (Wildman–Crippen LogP) is 3.28. The van der Waals surface area contributed by atoms with Crippen LogP contribution in [0.4, 0.5) is 10.1 Å². The molecule has 0 aliphatic rings. The smallest absolute Gasteiger partial charge is 0.267 e. The molecular formula is C19H18FN3O2. The fraction of sp³-hybridized carbons (Fsp3) is 0.158. The van der Waals surface area contributed by atoms with E-state index in [1.807, 2.05) is 19.1 Å². The van der Waals surface area contributed by atoms with Gasteiger partial charge in [0, 0.05) is 18.3 Å². The number of nitrogens with one attached hydrogen (secondary N) is 2. The minimum Gasteiger partial charge on any atom is -0.495 e. The van der Waals surface area contributed by atoms with E-state index in [0.717, 1.165) is 5.56 Å². The number of hydrogen-bond donors (Lipinski definition) is 2. The van der Waals surface area contributed by atoms with E-state index in [1.165, 1.54) is 19.4 Å². The molecule has 2 rings (SSSR count). The zero-order valence-electron chi connectivity index (χ0n) is 14.0. The molecule has 0 aromatic heterocycles. The average molecular weight is 339 g/mol. The number of hydrogen-bond acceptors (Lipinski definition) is 4. The number of nitriles is 1. The summed E-state index contributed by atoms with van der Waals surface area (Å²) in [4.78, 5) is 12.3. The standard InChI is InChI=1S/C19H18FN3O2/c1-13-7-8-18(25-2)17(9-13)23-19(24)15(10-21)12-22-11-14-5-3-4-6-16(14)20/h3-9,12,22H,11H2,1-2H3,(H,23,24)/b15-12-. The number of aryl methyl sites for hydroxylation is 1. The first kappa shape index (κ1) is 18.0. The molecule has 0 bridgehead atoms. The Hall–Kier alpha value is -3.33. The Morgan fingerprint density at radius 2 is 2.08 bits per heavy atom. The van der Waals surface area contributed by atoms with Gasteiger partial charge in [0.25, 0.3) is 5.91 Å². The van der Waals surface area contributed by atoms with Gasteiger partial charge in [0.2, 0.25) is 0 Å². The van der Waals surface area contributed by atoms with Crippen LogP contribution in [0.3, 0.4) is 0 Å². The Labute approximate surface area is 145 Å². The van der Waals surface area contributed by atoms with Crippen LogP contribution in [0, 0.1) is 24.1 Å². The third-order valence-electron chi connectivity index (χ3n) is 3.47. The Bertz CT molecular complexity index is 841. The van der Waals surface area contributed by atoms with E-state index in [9.17, 15) is 14.4 Å². The van der Waals surface area contributed by atoms with Gasteiger partial charge in [-0.2, -0.15) is 5.26 Å². The highest BCUT2D eigenvalue weighted by Gasteiger charge is 2.12. The van der Waals surface area contributed by atoms with Gasteiger partial charge < -0.3 is 15.4 Å². The highest BCUT2D eigenvalue weighted by molar-refractivity contribution is 6.07. The van der Waals surface area contributed by atoms with E-state index in [-0.39, 0.29) is 17.9 Å². The molecule has 5 nitrogen and oxygen atoms in total. The fourth-order valence-electron chi connectivity index (χ4n) is 2.16. The number of nitrogens with zero attached hydrogens (tertiary/aromatic N) is 1. The zero-order chi connectivity index (χ0) is 18.2. The molecule has 0 unspecified atom stereocenters. The highest BCUT2D eigenvalue weighted by Crippen LogP contribution is 2.25. The minimum atomic E-state index is -0.576. The fourth-order valence-corrected chi connectivity index (χ4v) is 2.16. The van der Waals surface area contributed by atoms with Crippen LogP contribution >= 0.6 is 0 Å². The van der Waals surface area contributed by atoms with Gasteiger partial charge in [0.15, 0.2) is 0 Å². The van der Waals surface area contributed by atoms with Crippen LogP contribution in [0.25, 0.3) is 0 Å². The second-order valence-corrected chi connectivity index (χ2v) is 5.30. The van der Waals surface area contributed by atoms with Crippen molar-refractivity contribution in [2.45, 2.75) is 13.5 Å². The first-order chi connectivity index (χ1) is 12.0. The maximum absolute atomic E-state index is 13.5. The Kier molecular flexibility index (Phi) is 6.13. The number of carbonyl (C=O) groups is 1. The highest BCUT2D eigenvalue weighted by atomic mass is 19.1. The number of carbonyl (C=O) groups excluding carboxylic acids is 1. The second kappa shape index (κ2) is 8.50. The molecule has 1 amide bonds. The van der Waals surface area contributed by atoms with Crippen LogP contribution in [-0.2, 0) is 11.3 Å². The minimum absolute atomic E-state index is 0.125.